The molecular formula is C29H35N3O4S. The van der Waals surface area contributed by atoms with E-state index >= 15 is 0 Å². The summed E-state index contributed by atoms with van der Waals surface area (Å²) in [5, 5.41) is 9.33. The van der Waals surface area contributed by atoms with Gasteiger partial charge in [-0.15, -0.1) is 0 Å². The topological polar surface area (TPSA) is 84.8 Å². The van der Waals surface area contributed by atoms with Crippen LogP contribution in [0.4, 0.5) is 5.69 Å². The molecule has 1 saturated heterocycles. The molecule has 1 aromatic heterocycles. The molecule has 0 bridgehead atoms. The lowest BCUT2D eigenvalue weighted by Gasteiger charge is -2.35. The first-order valence-electron chi connectivity index (χ1n) is 12.7. The van der Waals surface area contributed by atoms with E-state index in [0.717, 1.165) is 72.6 Å². The van der Waals surface area contributed by atoms with Gasteiger partial charge in [0.15, 0.2) is 0 Å². The molecule has 2 aromatic carbocycles. The van der Waals surface area contributed by atoms with Gasteiger partial charge in [0.2, 0.25) is 0 Å². The minimum absolute atomic E-state index is 0. The van der Waals surface area contributed by atoms with Crippen molar-refractivity contribution in [3.05, 3.63) is 66.7 Å². The SMILES string of the molecule is COc1ccc(-c2cncnc2)c(N2CCC(COc3cccc([C@@H](CC(=O)O)C4CC4)c3)CC2)c1.S. The van der Waals surface area contributed by atoms with Crippen LogP contribution in [-0.2, 0) is 4.79 Å². The van der Waals surface area contributed by atoms with Crippen LogP contribution in [0.25, 0.3) is 11.1 Å². The lowest BCUT2D eigenvalue weighted by Crippen LogP contribution is -2.35. The molecule has 1 N–H and O–H groups in total. The molecule has 0 amide bonds. The number of hydrogen-bond donors (Lipinski definition) is 1. The number of aromatic nitrogens is 2. The van der Waals surface area contributed by atoms with Crippen molar-refractivity contribution in [1.82, 2.24) is 9.97 Å². The third-order valence-electron chi connectivity index (χ3n) is 7.39. The van der Waals surface area contributed by atoms with Crippen LogP contribution in [0.3, 0.4) is 0 Å². The third kappa shape index (κ3) is 6.74. The Hall–Kier alpha value is -3.26. The van der Waals surface area contributed by atoms with Crippen LogP contribution in [0, 0.1) is 11.8 Å². The number of carboxylic acid groups (broad SMARTS) is 1. The second-order valence-corrected chi connectivity index (χ2v) is 9.87. The van der Waals surface area contributed by atoms with E-state index in [9.17, 15) is 9.90 Å². The Balaban J connectivity index is 0.00000320. The van der Waals surface area contributed by atoms with Crippen molar-refractivity contribution in [2.24, 2.45) is 11.8 Å². The molecule has 8 heteroatoms. The van der Waals surface area contributed by atoms with Crippen LogP contribution >= 0.6 is 13.5 Å². The fourth-order valence-corrected chi connectivity index (χ4v) is 5.22. The summed E-state index contributed by atoms with van der Waals surface area (Å²) < 4.78 is 11.7. The van der Waals surface area contributed by atoms with Crippen LogP contribution in [0.15, 0.2) is 61.2 Å². The van der Waals surface area contributed by atoms with Crippen molar-refractivity contribution in [1.29, 1.82) is 0 Å². The van der Waals surface area contributed by atoms with E-state index < -0.39 is 5.97 Å². The van der Waals surface area contributed by atoms with Gasteiger partial charge < -0.3 is 19.5 Å². The lowest BCUT2D eigenvalue weighted by molar-refractivity contribution is -0.137. The number of piperidine rings is 1. The quantitative estimate of drug-likeness (QED) is 0.376. The van der Waals surface area contributed by atoms with Gasteiger partial charge in [0.05, 0.1) is 20.1 Å². The molecule has 0 spiro atoms. The fraction of sp³-hybridized carbons (Fsp3) is 0.414. The van der Waals surface area contributed by atoms with Gasteiger partial charge in [-0.2, -0.15) is 13.5 Å². The number of anilines is 1. The molecule has 5 rings (SSSR count). The van der Waals surface area contributed by atoms with E-state index in [1.54, 1.807) is 13.4 Å². The number of nitrogens with zero attached hydrogens (tertiary/aromatic N) is 3. The van der Waals surface area contributed by atoms with Gasteiger partial charge in [-0.3, -0.25) is 4.79 Å². The first-order valence-corrected chi connectivity index (χ1v) is 12.7. The molecule has 2 heterocycles. The van der Waals surface area contributed by atoms with Crippen LogP contribution < -0.4 is 14.4 Å². The summed E-state index contributed by atoms with van der Waals surface area (Å²) >= 11 is 0. The average molecular weight is 522 g/mol. The van der Waals surface area contributed by atoms with Gasteiger partial charge in [0.25, 0.3) is 0 Å². The van der Waals surface area contributed by atoms with Crippen molar-refractivity contribution in [2.75, 3.05) is 31.7 Å². The number of benzene rings is 2. The summed E-state index contributed by atoms with van der Waals surface area (Å²) in [4.78, 5) is 22.1. The Bertz CT molecular complexity index is 1180. The van der Waals surface area contributed by atoms with Gasteiger partial charge in [0.1, 0.15) is 17.8 Å². The molecular weight excluding hydrogens is 486 g/mol. The standard InChI is InChI=1S/C29H33N3O4.H2S/c1-35-24-7-8-26(23-16-30-19-31-17-23)28(14-24)32-11-9-20(10-12-32)18-36-25-4-2-3-22(13-25)27(15-29(33)34)21-5-6-21;/h2-4,7-8,13-14,16-17,19-21,27H,5-6,9-12,15,18H2,1H3,(H,33,34);1H2/t27-;/m0./s1. The third-order valence-corrected chi connectivity index (χ3v) is 7.39. The van der Waals surface area contributed by atoms with Gasteiger partial charge in [0, 0.05) is 48.4 Å². The maximum Gasteiger partial charge on any atom is 0.303 e. The molecule has 196 valence electrons. The van der Waals surface area contributed by atoms with Crippen LogP contribution in [0.1, 0.15) is 43.6 Å². The Morgan fingerprint density at radius 1 is 1.05 bits per heavy atom. The summed E-state index contributed by atoms with van der Waals surface area (Å²) in [6.45, 7) is 2.54. The highest BCUT2D eigenvalue weighted by Crippen LogP contribution is 2.45. The van der Waals surface area contributed by atoms with Crippen molar-refractivity contribution < 1.29 is 19.4 Å². The van der Waals surface area contributed by atoms with Gasteiger partial charge >= 0.3 is 5.97 Å². The number of hydrogen-bond acceptors (Lipinski definition) is 6. The summed E-state index contributed by atoms with van der Waals surface area (Å²) in [5.74, 6) is 1.99. The molecule has 0 radical (unpaired) electrons. The van der Waals surface area contributed by atoms with E-state index in [-0.39, 0.29) is 25.8 Å². The Morgan fingerprint density at radius 3 is 2.49 bits per heavy atom. The van der Waals surface area contributed by atoms with E-state index in [2.05, 4.69) is 27.0 Å². The zero-order chi connectivity index (χ0) is 24.9. The molecule has 2 aliphatic rings. The molecule has 0 unspecified atom stereocenters. The molecule has 1 atom stereocenters. The van der Waals surface area contributed by atoms with Gasteiger partial charge in [-0.25, -0.2) is 9.97 Å². The number of ether oxygens (including phenoxy) is 2. The summed E-state index contributed by atoms with van der Waals surface area (Å²) in [6.07, 6.45) is 9.73. The normalized spacial score (nSPS) is 16.5. The number of carboxylic acids is 1. The van der Waals surface area contributed by atoms with E-state index in [0.29, 0.717) is 18.4 Å². The molecule has 3 aromatic rings. The van der Waals surface area contributed by atoms with Crippen molar-refractivity contribution in [3.63, 3.8) is 0 Å². The molecule has 1 aliphatic carbocycles. The average Bonchev–Trinajstić information content (AvgIpc) is 3.76. The van der Waals surface area contributed by atoms with E-state index in [4.69, 9.17) is 9.47 Å². The summed E-state index contributed by atoms with van der Waals surface area (Å²) in [6, 6.07) is 14.2. The minimum atomic E-state index is -0.732. The largest absolute Gasteiger partial charge is 0.497 e. The lowest BCUT2D eigenvalue weighted by atomic mass is 9.91. The fourth-order valence-electron chi connectivity index (χ4n) is 5.22. The van der Waals surface area contributed by atoms with Gasteiger partial charge in [-0.05, 0) is 73.3 Å². The number of methoxy groups -OCH3 is 1. The highest BCUT2D eigenvalue weighted by Gasteiger charge is 2.34. The molecule has 1 saturated carbocycles. The molecule has 7 nitrogen and oxygen atoms in total. The van der Waals surface area contributed by atoms with E-state index in [1.807, 2.05) is 42.7 Å². The second kappa shape index (κ2) is 12.3. The van der Waals surface area contributed by atoms with Crippen LogP contribution in [0.5, 0.6) is 11.5 Å². The number of aliphatic carboxylic acids is 1. The van der Waals surface area contributed by atoms with Crippen molar-refractivity contribution >= 4 is 25.2 Å². The Kier molecular flexibility index (Phi) is 8.92. The highest BCUT2D eigenvalue weighted by molar-refractivity contribution is 7.59. The zero-order valence-electron chi connectivity index (χ0n) is 21.2. The monoisotopic (exact) mass is 521 g/mol. The summed E-state index contributed by atoms with van der Waals surface area (Å²) in [5.41, 5.74) is 4.32. The van der Waals surface area contributed by atoms with Crippen molar-refractivity contribution in [3.8, 4) is 22.6 Å². The number of rotatable bonds is 10. The molecule has 2 fully saturated rings. The molecule has 37 heavy (non-hydrogen) atoms. The minimum Gasteiger partial charge on any atom is -0.497 e. The van der Waals surface area contributed by atoms with Crippen molar-refractivity contribution in [2.45, 2.75) is 38.0 Å². The predicted molar refractivity (Wildman–Crippen MR) is 149 cm³/mol. The van der Waals surface area contributed by atoms with Crippen LogP contribution in [0.2, 0.25) is 0 Å². The Morgan fingerprint density at radius 2 is 1.81 bits per heavy atom. The van der Waals surface area contributed by atoms with Crippen LogP contribution in [-0.4, -0.2) is 47.8 Å². The van der Waals surface area contributed by atoms with E-state index in [1.165, 1.54) is 0 Å². The first kappa shape index (κ1) is 26.8. The first-order chi connectivity index (χ1) is 17.6. The summed E-state index contributed by atoms with van der Waals surface area (Å²) in [7, 11) is 1.69. The molecule has 1 aliphatic heterocycles. The second-order valence-electron chi connectivity index (χ2n) is 9.87. The highest BCUT2D eigenvalue weighted by atomic mass is 32.1. The Labute approximate surface area is 225 Å². The smallest absolute Gasteiger partial charge is 0.303 e. The predicted octanol–water partition coefficient (Wildman–Crippen LogP) is 5.53. The zero-order valence-corrected chi connectivity index (χ0v) is 22.2. The maximum atomic E-state index is 11.4. The number of carbonyl (C=O) groups is 1. The van der Waals surface area contributed by atoms with Gasteiger partial charge in [-0.1, -0.05) is 12.1 Å². The maximum absolute atomic E-state index is 11.4.